The molecule has 1 atom stereocenters. The Bertz CT molecular complexity index is 903. The van der Waals surface area contributed by atoms with Gasteiger partial charge < -0.3 is 5.32 Å². The number of nitrogens with one attached hydrogen (secondary N) is 2. The van der Waals surface area contributed by atoms with Gasteiger partial charge in [-0.1, -0.05) is 30.3 Å². The lowest BCUT2D eigenvalue weighted by molar-refractivity contribution is -0.121. The first-order valence-electron chi connectivity index (χ1n) is 8.17. The second-order valence-corrected chi connectivity index (χ2v) is 7.70. The molecule has 0 bridgehead atoms. The Labute approximate surface area is 160 Å². The minimum Gasteiger partial charge on any atom is -0.349 e. The first-order chi connectivity index (χ1) is 12.5. The number of carbonyl (C=O) groups excluding carboxylic acids is 2. The average molecular weight is 386 g/mol. The third kappa shape index (κ3) is 4.56. The molecular weight excluding hydrogens is 366 g/mol. The average Bonchev–Trinajstić information content (AvgIpc) is 3.27. The molecule has 0 radical (unpaired) electrons. The zero-order valence-corrected chi connectivity index (χ0v) is 16.1. The predicted molar refractivity (Wildman–Crippen MR) is 106 cm³/mol. The molecule has 3 aromatic rings. The number of nitrogens with zero attached hydrogens (tertiary/aromatic N) is 1. The van der Waals surface area contributed by atoms with Gasteiger partial charge in [-0.25, -0.2) is 4.98 Å². The van der Waals surface area contributed by atoms with E-state index >= 15 is 0 Å². The van der Waals surface area contributed by atoms with Crippen LogP contribution in [-0.4, -0.2) is 16.8 Å². The zero-order valence-electron chi connectivity index (χ0n) is 14.5. The standard InChI is InChI=1S/C19H19N3O2S2/c1-12-6-3-4-7-15(12)13(2)20-17(23)10-14-11-26-19(21-14)22-18(24)16-8-5-9-25-16/h3-9,11,13H,10H2,1-2H3,(H,20,23)(H,21,22,24). The zero-order chi connectivity index (χ0) is 18.5. The van der Waals surface area contributed by atoms with Crippen LogP contribution in [0.2, 0.25) is 0 Å². The number of amides is 2. The Kier molecular flexibility index (Phi) is 5.80. The predicted octanol–water partition coefficient (Wildman–Crippen LogP) is 4.19. The quantitative estimate of drug-likeness (QED) is 0.668. The van der Waals surface area contributed by atoms with Gasteiger partial charge in [-0.3, -0.25) is 14.9 Å². The molecule has 1 aromatic carbocycles. The highest BCUT2D eigenvalue weighted by molar-refractivity contribution is 7.14. The maximum absolute atomic E-state index is 12.3. The van der Waals surface area contributed by atoms with Crippen LogP contribution in [-0.2, 0) is 11.2 Å². The van der Waals surface area contributed by atoms with E-state index in [1.807, 2.05) is 49.6 Å². The molecule has 5 nitrogen and oxygen atoms in total. The second-order valence-electron chi connectivity index (χ2n) is 5.90. The highest BCUT2D eigenvalue weighted by Crippen LogP contribution is 2.20. The number of carbonyl (C=O) groups is 2. The molecule has 0 spiro atoms. The molecular formula is C19H19N3O2S2. The lowest BCUT2D eigenvalue weighted by atomic mass is 10.0. The van der Waals surface area contributed by atoms with Crippen molar-refractivity contribution in [2.45, 2.75) is 26.3 Å². The molecule has 3 rings (SSSR count). The summed E-state index contributed by atoms with van der Waals surface area (Å²) in [4.78, 5) is 29.3. The highest BCUT2D eigenvalue weighted by Gasteiger charge is 2.14. The molecule has 0 aliphatic carbocycles. The Balaban J connectivity index is 1.56. The van der Waals surface area contributed by atoms with Gasteiger partial charge in [0.15, 0.2) is 5.13 Å². The second kappa shape index (κ2) is 8.25. The Morgan fingerprint density at radius 1 is 1.15 bits per heavy atom. The number of hydrogen-bond donors (Lipinski definition) is 2. The van der Waals surface area contributed by atoms with E-state index in [0.717, 1.165) is 11.1 Å². The summed E-state index contributed by atoms with van der Waals surface area (Å²) in [6, 6.07) is 11.5. The van der Waals surface area contributed by atoms with Gasteiger partial charge in [-0.15, -0.1) is 22.7 Å². The van der Waals surface area contributed by atoms with Crippen LogP contribution in [0.1, 0.15) is 39.5 Å². The van der Waals surface area contributed by atoms with Crippen molar-refractivity contribution in [1.29, 1.82) is 0 Å². The lowest BCUT2D eigenvalue weighted by Gasteiger charge is -2.16. The monoisotopic (exact) mass is 385 g/mol. The number of aryl methyl sites for hydroxylation is 1. The molecule has 7 heteroatoms. The highest BCUT2D eigenvalue weighted by atomic mass is 32.1. The molecule has 134 valence electrons. The fraction of sp³-hybridized carbons (Fsp3) is 0.211. The van der Waals surface area contributed by atoms with Crippen molar-refractivity contribution in [3.8, 4) is 0 Å². The van der Waals surface area contributed by atoms with E-state index < -0.39 is 0 Å². The molecule has 0 aliphatic rings. The van der Waals surface area contributed by atoms with Crippen LogP contribution in [0.15, 0.2) is 47.2 Å². The van der Waals surface area contributed by atoms with E-state index in [0.29, 0.717) is 15.7 Å². The number of thiophene rings is 1. The van der Waals surface area contributed by atoms with Crippen LogP contribution in [0.4, 0.5) is 5.13 Å². The van der Waals surface area contributed by atoms with E-state index in [-0.39, 0.29) is 24.3 Å². The van der Waals surface area contributed by atoms with Gasteiger partial charge in [0.25, 0.3) is 5.91 Å². The molecule has 2 amide bonds. The van der Waals surface area contributed by atoms with Crippen molar-refractivity contribution < 1.29 is 9.59 Å². The first kappa shape index (κ1) is 18.3. The number of rotatable bonds is 6. The van der Waals surface area contributed by atoms with Crippen molar-refractivity contribution in [1.82, 2.24) is 10.3 Å². The summed E-state index contributed by atoms with van der Waals surface area (Å²) >= 11 is 2.69. The van der Waals surface area contributed by atoms with Gasteiger partial charge in [-0.05, 0) is 36.4 Å². The third-order valence-corrected chi connectivity index (χ3v) is 5.57. The number of anilines is 1. The molecule has 26 heavy (non-hydrogen) atoms. The van der Waals surface area contributed by atoms with Crippen LogP contribution < -0.4 is 10.6 Å². The molecule has 2 heterocycles. The van der Waals surface area contributed by atoms with Crippen LogP contribution in [0, 0.1) is 6.92 Å². The number of benzene rings is 1. The molecule has 0 saturated heterocycles. The molecule has 2 N–H and O–H groups in total. The fourth-order valence-corrected chi connectivity index (χ4v) is 3.94. The van der Waals surface area contributed by atoms with Crippen LogP contribution >= 0.6 is 22.7 Å². The van der Waals surface area contributed by atoms with Crippen LogP contribution in [0.5, 0.6) is 0 Å². The maximum Gasteiger partial charge on any atom is 0.267 e. The van der Waals surface area contributed by atoms with E-state index in [1.165, 1.54) is 22.7 Å². The van der Waals surface area contributed by atoms with Crippen molar-refractivity contribution in [3.05, 3.63) is 68.9 Å². The van der Waals surface area contributed by atoms with E-state index in [9.17, 15) is 9.59 Å². The molecule has 0 saturated carbocycles. The van der Waals surface area contributed by atoms with Gasteiger partial charge in [0.1, 0.15) is 0 Å². The van der Waals surface area contributed by atoms with Gasteiger partial charge in [0, 0.05) is 5.38 Å². The summed E-state index contributed by atoms with van der Waals surface area (Å²) in [5, 5.41) is 9.90. The molecule has 1 unspecified atom stereocenters. The third-order valence-electron chi connectivity index (χ3n) is 3.89. The SMILES string of the molecule is Cc1ccccc1C(C)NC(=O)Cc1csc(NC(=O)c2cccs2)n1. The van der Waals surface area contributed by atoms with E-state index in [2.05, 4.69) is 15.6 Å². The van der Waals surface area contributed by atoms with Crippen molar-refractivity contribution >= 4 is 39.6 Å². The molecule has 0 aliphatic heterocycles. The van der Waals surface area contributed by atoms with Crippen LogP contribution in [0.3, 0.4) is 0 Å². The van der Waals surface area contributed by atoms with Gasteiger partial charge >= 0.3 is 0 Å². The summed E-state index contributed by atoms with van der Waals surface area (Å²) in [5.74, 6) is -0.277. The normalized spacial score (nSPS) is 11.8. The van der Waals surface area contributed by atoms with E-state index in [1.54, 1.807) is 11.4 Å². The number of aromatic nitrogens is 1. The van der Waals surface area contributed by atoms with Gasteiger partial charge in [-0.2, -0.15) is 0 Å². The van der Waals surface area contributed by atoms with Gasteiger partial charge in [0.05, 0.1) is 23.0 Å². The first-order valence-corrected chi connectivity index (χ1v) is 9.93. The summed E-state index contributed by atoms with van der Waals surface area (Å²) in [7, 11) is 0. The number of thiazole rings is 1. The summed E-state index contributed by atoms with van der Waals surface area (Å²) < 4.78 is 0. The minimum absolute atomic E-state index is 0.0691. The smallest absolute Gasteiger partial charge is 0.267 e. The maximum atomic E-state index is 12.3. The Morgan fingerprint density at radius 2 is 1.96 bits per heavy atom. The summed E-state index contributed by atoms with van der Waals surface area (Å²) in [6.07, 6.45) is 0.182. The molecule has 0 fully saturated rings. The number of hydrogen-bond acceptors (Lipinski definition) is 5. The fourth-order valence-electron chi connectivity index (χ4n) is 2.62. The van der Waals surface area contributed by atoms with E-state index in [4.69, 9.17) is 0 Å². The topological polar surface area (TPSA) is 71.1 Å². The van der Waals surface area contributed by atoms with Crippen molar-refractivity contribution in [2.75, 3.05) is 5.32 Å². The Hall–Kier alpha value is -2.51. The summed E-state index contributed by atoms with van der Waals surface area (Å²) in [6.45, 7) is 3.99. The minimum atomic E-state index is -0.182. The Morgan fingerprint density at radius 3 is 2.69 bits per heavy atom. The lowest BCUT2D eigenvalue weighted by Crippen LogP contribution is -2.28. The van der Waals surface area contributed by atoms with Crippen molar-refractivity contribution in [3.63, 3.8) is 0 Å². The summed E-state index contributed by atoms with van der Waals surface area (Å²) in [5.41, 5.74) is 2.89. The van der Waals surface area contributed by atoms with Crippen molar-refractivity contribution in [2.24, 2.45) is 0 Å². The van der Waals surface area contributed by atoms with Crippen LogP contribution in [0.25, 0.3) is 0 Å². The van der Waals surface area contributed by atoms with Gasteiger partial charge in [0.2, 0.25) is 5.91 Å². The largest absolute Gasteiger partial charge is 0.349 e. The molecule has 2 aromatic heterocycles.